The molecule has 0 aliphatic rings. The van der Waals surface area contributed by atoms with E-state index in [0.29, 0.717) is 5.69 Å². The summed E-state index contributed by atoms with van der Waals surface area (Å²) in [7, 11) is -3.91. The molecule has 8 nitrogen and oxygen atoms in total. The molecule has 22 heavy (non-hydrogen) atoms. The lowest BCUT2D eigenvalue weighted by Gasteiger charge is -2.08. The van der Waals surface area contributed by atoms with Crippen molar-refractivity contribution in [1.29, 1.82) is 0 Å². The molecule has 0 fully saturated rings. The third-order valence-electron chi connectivity index (χ3n) is 2.99. The molecule has 9 heteroatoms. The van der Waals surface area contributed by atoms with E-state index in [1.165, 1.54) is 18.2 Å². The maximum Gasteiger partial charge on any atom is 0.270 e. The first-order chi connectivity index (χ1) is 10.5. The molecule has 0 bridgehead atoms. The van der Waals surface area contributed by atoms with Gasteiger partial charge in [-0.15, -0.1) is 0 Å². The Labute approximate surface area is 125 Å². The number of rotatable bonds is 4. The number of hydrogen-bond acceptors (Lipinski definition) is 5. The molecule has 0 saturated heterocycles. The number of aromatic nitrogens is 2. The topological polar surface area (TPSA) is 107 Å². The van der Waals surface area contributed by atoms with Crippen molar-refractivity contribution in [3.8, 4) is 0 Å². The van der Waals surface area contributed by atoms with Crippen molar-refractivity contribution in [3.63, 3.8) is 0 Å². The molecule has 1 aromatic carbocycles. The molecule has 112 valence electrons. The second-order valence-electron chi connectivity index (χ2n) is 4.48. The number of pyridine rings is 1. The SMILES string of the molecule is O=[N+]([O-])c1cccc(S(=O)(=O)Nc2ccn3nccc3c2)c1. The van der Waals surface area contributed by atoms with Crippen LogP contribution in [0.1, 0.15) is 0 Å². The highest BCUT2D eigenvalue weighted by molar-refractivity contribution is 7.92. The lowest BCUT2D eigenvalue weighted by molar-refractivity contribution is -0.385. The second kappa shape index (κ2) is 5.11. The summed E-state index contributed by atoms with van der Waals surface area (Å²) in [5.74, 6) is 0. The van der Waals surface area contributed by atoms with Gasteiger partial charge in [0, 0.05) is 24.5 Å². The Morgan fingerprint density at radius 2 is 2.00 bits per heavy atom. The van der Waals surface area contributed by atoms with Crippen molar-refractivity contribution in [1.82, 2.24) is 9.61 Å². The summed E-state index contributed by atoms with van der Waals surface area (Å²) < 4.78 is 28.6. The van der Waals surface area contributed by atoms with Crippen LogP contribution >= 0.6 is 0 Å². The van der Waals surface area contributed by atoms with Gasteiger partial charge in [-0.2, -0.15) is 5.10 Å². The van der Waals surface area contributed by atoms with Crippen molar-refractivity contribution in [2.75, 3.05) is 4.72 Å². The summed E-state index contributed by atoms with van der Waals surface area (Å²) >= 11 is 0. The molecule has 1 N–H and O–H groups in total. The van der Waals surface area contributed by atoms with Crippen LogP contribution in [0.2, 0.25) is 0 Å². The molecule has 2 heterocycles. The van der Waals surface area contributed by atoms with E-state index in [-0.39, 0.29) is 10.6 Å². The van der Waals surface area contributed by atoms with Crippen LogP contribution in [0, 0.1) is 10.1 Å². The molecular weight excluding hydrogens is 308 g/mol. The third kappa shape index (κ3) is 2.61. The number of fused-ring (bicyclic) bond motifs is 1. The van der Waals surface area contributed by atoms with Crippen LogP contribution in [0.25, 0.3) is 5.52 Å². The molecule has 0 unspecified atom stereocenters. The Kier molecular flexibility index (Phi) is 3.26. The van der Waals surface area contributed by atoms with Crippen molar-refractivity contribution in [2.24, 2.45) is 0 Å². The second-order valence-corrected chi connectivity index (χ2v) is 6.16. The molecule has 2 aromatic heterocycles. The summed E-state index contributed by atoms with van der Waals surface area (Å²) in [6, 6.07) is 9.76. The van der Waals surface area contributed by atoms with Crippen molar-refractivity contribution >= 4 is 26.9 Å². The van der Waals surface area contributed by atoms with E-state index in [0.717, 1.165) is 11.6 Å². The van der Waals surface area contributed by atoms with E-state index in [4.69, 9.17) is 0 Å². The lowest BCUT2D eigenvalue weighted by Crippen LogP contribution is -2.13. The number of nitro benzene ring substituents is 1. The number of benzene rings is 1. The predicted octanol–water partition coefficient (Wildman–Crippen LogP) is 2.04. The maximum absolute atomic E-state index is 12.3. The molecule has 0 aliphatic heterocycles. The minimum atomic E-state index is -3.91. The van der Waals surface area contributed by atoms with Gasteiger partial charge in [0.05, 0.1) is 21.0 Å². The molecule has 0 atom stereocenters. The number of hydrogen-bond donors (Lipinski definition) is 1. The molecule has 3 rings (SSSR count). The Morgan fingerprint density at radius 3 is 2.77 bits per heavy atom. The largest absolute Gasteiger partial charge is 0.279 e. The fourth-order valence-electron chi connectivity index (χ4n) is 1.96. The molecule has 0 aliphatic carbocycles. The number of nitro groups is 1. The summed E-state index contributed by atoms with van der Waals surface area (Å²) in [5, 5.41) is 14.7. The molecular formula is C13H10N4O4S. The molecule has 3 aromatic rings. The van der Waals surface area contributed by atoms with Gasteiger partial charge in [-0.25, -0.2) is 12.9 Å². The van der Waals surface area contributed by atoms with Crippen LogP contribution in [-0.2, 0) is 10.0 Å². The van der Waals surface area contributed by atoms with Crippen molar-refractivity contribution in [2.45, 2.75) is 4.90 Å². The molecule has 0 radical (unpaired) electrons. The third-order valence-corrected chi connectivity index (χ3v) is 4.37. The van der Waals surface area contributed by atoms with Crippen molar-refractivity contribution < 1.29 is 13.3 Å². The van der Waals surface area contributed by atoms with E-state index in [9.17, 15) is 18.5 Å². The Morgan fingerprint density at radius 1 is 1.18 bits per heavy atom. The minimum Gasteiger partial charge on any atom is -0.279 e. The quantitative estimate of drug-likeness (QED) is 0.585. The van der Waals surface area contributed by atoms with Crippen molar-refractivity contribution in [3.05, 3.63) is 65.0 Å². The van der Waals surface area contributed by atoms with Crippen LogP contribution < -0.4 is 4.72 Å². The average molecular weight is 318 g/mol. The van der Waals surface area contributed by atoms with Gasteiger partial charge in [0.1, 0.15) is 0 Å². The van der Waals surface area contributed by atoms with Gasteiger partial charge in [0.15, 0.2) is 0 Å². The monoisotopic (exact) mass is 318 g/mol. The minimum absolute atomic E-state index is 0.171. The first-order valence-electron chi connectivity index (χ1n) is 6.16. The Bertz CT molecular complexity index is 965. The van der Waals surface area contributed by atoms with Gasteiger partial charge in [-0.3, -0.25) is 14.8 Å². The summed E-state index contributed by atoms with van der Waals surface area (Å²) in [6.45, 7) is 0. The van der Waals surface area contributed by atoms with E-state index >= 15 is 0 Å². The van der Waals surface area contributed by atoms with Gasteiger partial charge in [0.2, 0.25) is 0 Å². The maximum atomic E-state index is 12.3. The van der Waals surface area contributed by atoms with Crippen LogP contribution in [0.15, 0.2) is 59.8 Å². The van der Waals surface area contributed by atoms with Crippen LogP contribution in [0.4, 0.5) is 11.4 Å². The van der Waals surface area contributed by atoms with Gasteiger partial charge in [-0.1, -0.05) is 6.07 Å². The van der Waals surface area contributed by atoms with Crippen LogP contribution in [-0.4, -0.2) is 23.0 Å². The summed E-state index contributed by atoms with van der Waals surface area (Å²) in [5.41, 5.74) is 0.785. The van der Waals surface area contributed by atoms with E-state index in [1.807, 2.05) is 0 Å². The van der Waals surface area contributed by atoms with Gasteiger partial charge < -0.3 is 0 Å². The first kappa shape index (κ1) is 14.0. The standard InChI is InChI=1S/C13H10N4O4S/c18-17(19)12-2-1-3-13(9-12)22(20,21)15-10-5-7-16-11(8-10)4-6-14-16/h1-9,15H. The first-order valence-corrected chi connectivity index (χ1v) is 7.65. The smallest absolute Gasteiger partial charge is 0.270 e. The van der Waals surface area contributed by atoms with Gasteiger partial charge >= 0.3 is 0 Å². The van der Waals surface area contributed by atoms with Gasteiger partial charge in [-0.05, 0) is 24.3 Å². The van der Waals surface area contributed by atoms with E-state index in [2.05, 4.69) is 9.82 Å². The fraction of sp³-hybridized carbons (Fsp3) is 0. The number of sulfonamides is 1. The summed E-state index contributed by atoms with van der Waals surface area (Å²) in [4.78, 5) is 9.92. The molecule has 0 amide bonds. The number of anilines is 1. The normalized spacial score (nSPS) is 11.5. The number of nitrogens with zero attached hydrogens (tertiary/aromatic N) is 3. The zero-order valence-electron chi connectivity index (χ0n) is 11.1. The van der Waals surface area contributed by atoms with E-state index < -0.39 is 14.9 Å². The zero-order valence-corrected chi connectivity index (χ0v) is 11.9. The number of nitrogens with one attached hydrogen (secondary N) is 1. The number of non-ortho nitro benzene ring substituents is 1. The van der Waals surface area contributed by atoms with Crippen LogP contribution in [0.5, 0.6) is 0 Å². The predicted molar refractivity (Wildman–Crippen MR) is 79.1 cm³/mol. The average Bonchev–Trinajstić information content (AvgIpc) is 2.94. The molecule has 0 saturated carbocycles. The highest BCUT2D eigenvalue weighted by atomic mass is 32.2. The highest BCUT2D eigenvalue weighted by Crippen LogP contribution is 2.21. The fourth-order valence-corrected chi connectivity index (χ4v) is 3.05. The lowest BCUT2D eigenvalue weighted by atomic mass is 10.3. The molecule has 0 spiro atoms. The highest BCUT2D eigenvalue weighted by Gasteiger charge is 2.17. The Hall–Kier alpha value is -2.94. The Balaban J connectivity index is 1.95. The van der Waals surface area contributed by atoms with Crippen LogP contribution in [0.3, 0.4) is 0 Å². The summed E-state index contributed by atoms with van der Waals surface area (Å²) in [6.07, 6.45) is 3.20. The van der Waals surface area contributed by atoms with Gasteiger partial charge in [0.25, 0.3) is 15.7 Å². The van der Waals surface area contributed by atoms with E-state index in [1.54, 1.807) is 35.1 Å². The zero-order chi connectivity index (χ0) is 15.7.